The van der Waals surface area contributed by atoms with Crippen molar-refractivity contribution in [2.75, 3.05) is 6.54 Å². The van der Waals surface area contributed by atoms with Crippen molar-refractivity contribution in [3.8, 4) is 0 Å². The molecule has 0 heterocycles. The Morgan fingerprint density at radius 3 is 1.87 bits per heavy atom. The lowest BCUT2D eigenvalue weighted by Gasteiger charge is -2.25. The second-order valence-corrected chi connectivity index (χ2v) is 8.37. The normalized spacial score (nSPS) is 15.2. The summed E-state index contributed by atoms with van der Waals surface area (Å²) in [6, 6.07) is -3.63. The fraction of sp³-hybridized carbons (Fsp3) is 0.800. The first kappa shape index (κ1) is 27.8. The van der Waals surface area contributed by atoms with E-state index in [4.69, 9.17) is 11.5 Å². The molecule has 0 saturated carbocycles. The summed E-state index contributed by atoms with van der Waals surface area (Å²) in [6.07, 6.45) is 1.83. The zero-order chi connectivity index (χ0) is 23.4. The minimum Gasteiger partial charge on any atom is -0.480 e. The summed E-state index contributed by atoms with van der Waals surface area (Å²) in [7, 11) is 0. The lowest BCUT2D eigenvalue weighted by Crippen LogP contribution is -2.57. The molecule has 174 valence electrons. The molecule has 0 spiro atoms. The lowest BCUT2D eigenvalue weighted by atomic mass is 10.0. The van der Waals surface area contributed by atoms with Crippen LogP contribution in [0, 0.1) is 11.8 Å². The molecule has 4 unspecified atom stereocenters. The number of aliphatic carboxylic acids is 1. The number of nitrogens with one attached hydrogen (secondary N) is 3. The largest absolute Gasteiger partial charge is 0.480 e. The number of nitrogens with two attached hydrogens (primary N) is 2. The van der Waals surface area contributed by atoms with Crippen LogP contribution in [-0.2, 0) is 19.2 Å². The molecule has 0 aromatic rings. The molecule has 0 aromatic carbocycles. The molecular weight excluding hydrogens is 390 g/mol. The topological polar surface area (TPSA) is 177 Å². The van der Waals surface area contributed by atoms with E-state index in [2.05, 4.69) is 16.0 Å². The number of rotatable bonds is 14. The zero-order valence-corrected chi connectivity index (χ0v) is 18.7. The number of hydrogen-bond acceptors (Lipinski definition) is 6. The summed E-state index contributed by atoms with van der Waals surface area (Å²) in [4.78, 5) is 48.7. The molecule has 4 atom stereocenters. The Morgan fingerprint density at radius 2 is 1.40 bits per heavy atom. The molecule has 30 heavy (non-hydrogen) atoms. The van der Waals surface area contributed by atoms with E-state index in [-0.39, 0.29) is 18.3 Å². The molecule has 0 aromatic heterocycles. The van der Waals surface area contributed by atoms with Gasteiger partial charge in [0.25, 0.3) is 0 Å². The number of hydrogen-bond donors (Lipinski definition) is 6. The molecule has 10 heteroatoms. The van der Waals surface area contributed by atoms with Gasteiger partial charge < -0.3 is 32.5 Å². The van der Waals surface area contributed by atoms with Crippen LogP contribution >= 0.6 is 0 Å². The fourth-order valence-electron chi connectivity index (χ4n) is 2.70. The summed E-state index contributed by atoms with van der Waals surface area (Å²) >= 11 is 0. The van der Waals surface area contributed by atoms with Gasteiger partial charge in [-0.3, -0.25) is 14.4 Å². The molecule has 0 aliphatic heterocycles. The van der Waals surface area contributed by atoms with E-state index in [9.17, 15) is 24.3 Å². The molecule has 0 aliphatic rings. The van der Waals surface area contributed by atoms with Gasteiger partial charge in [0, 0.05) is 0 Å². The van der Waals surface area contributed by atoms with E-state index in [1.54, 1.807) is 13.8 Å². The van der Waals surface area contributed by atoms with Gasteiger partial charge in [-0.1, -0.05) is 27.7 Å². The van der Waals surface area contributed by atoms with Gasteiger partial charge in [0.15, 0.2) is 0 Å². The highest BCUT2D eigenvalue weighted by Gasteiger charge is 2.29. The molecule has 0 radical (unpaired) electrons. The van der Waals surface area contributed by atoms with Crippen molar-refractivity contribution in [1.82, 2.24) is 16.0 Å². The predicted octanol–water partition coefficient (Wildman–Crippen LogP) is -0.296. The van der Waals surface area contributed by atoms with E-state index in [1.807, 2.05) is 13.8 Å². The van der Waals surface area contributed by atoms with Crippen LogP contribution in [0.15, 0.2) is 0 Å². The van der Waals surface area contributed by atoms with E-state index < -0.39 is 47.9 Å². The van der Waals surface area contributed by atoms with E-state index in [1.165, 1.54) is 6.92 Å². The Bertz CT molecular complexity index is 582. The molecule has 0 bridgehead atoms. The maximum Gasteiger partial charge on any atom is 0.326 e. The van der Waals surface area contributed by atoms with E-state index in [0.29, 0.717) is 25.8 Å². The van der Waals surface area contributed by atoms with Crippen molar-refractivity contribution in [2.24, 2.45) is 23.3 Å². The maximum absolute atomic E-state index is 12.7. The summed E-state index contributed by atoms with van der Waals surface area (Å²) in [5.41, 5.74) is 11.3. The Balaban J connectivity index is 5.00. The third-order valence-electron chi connectivity index (χ3n) is 4.67. The first-order valence-corrected chi connectivity index (χ1v) is 10.5. The average molecular weight is 430 g/mol. The van der Waals surface area contributed by atoms with Gasteiger partial charge in [-0.15, -0.1) is 0 Å². The second kappa shape index (κ2) is 13.9. The van der Waals surface area contributed by atoms with Crippen LogP contribution < -0.4 is 27.4 Å². The minimum atomic E-state index is -1.15. The molecular formula is C20H39N5O5. The van der Waals surface area contributed by atoms with E-state index in [0.717, 1.165) is 0 Å². The van der Waals surface area contributed by atoms with Crippen LogP contribution in [-0.4, -0.2) is 59.5 Å². The first-order valence-electron chi connectivity index (χ1n) is 10.5. The highest BCUT2D eigenvalue weighted by molar-refractivity contribution is 5.93. The molecule has 8 N–H and O–H groups in total. The zero-order valence-electron chi connectivity index (χ0n) is 18.7. The van der Waals surface area contributed by atoms with Crippen LogP contribution in [0.5, 0.6) is 0 Å². The average Bonchev–Trinajstić information content (AvgIpc) is 2.65. The lowest BCUT2D eigenvalue weighted by molar-refractivity contribution is -0.142. The minimum absolute atomic E-state index is 0.0929. The van der Waals surface area contributed by atoms with Crippen LogP contribution in [0.25, 0.3) is 0 Å². The van der Waals surface area contributed by atoms with Gasteiger partial charge in [-0.25, -0.2) is 4.79 Å². The Labute approximate surface area is 178 Å². The van der Waals surface area contributed by atoms with Crippen molar-refractivity contribution in [3.63, 3.8) is 0 Å². The third kappa shape index (κ3) is 10.5. The molecule has 0 rings (SSSR count). The number of carbonyl (C=O) groups excluding carboxylic acids is 3. The summed E-state index contributed by atoms with van der Waals surface area (Å²) in [5.74, 6) is -2.70. The Kier molecular flexibility index (Phi) is 12.9. The van der Waals surface area contributed by atoms with Crippen molar-refractivity contribution in [2.45, 2.75) is 84.5 Å². The molecule has 0 saturated heterocycles. The van der Waals surface area contributed by atoms with Gasteiger partial charge in [0.1, 0.15) is 18.1 Å². The van der Waals surface area contributed by atoms with Crippen molar-refractivity contribution >= 4 is 23.7 Å². The highest BCUT2D eigenvalue weighted by Crippen LogP contribution is 2.08. The van der Waals surface area contributed by atoms with Crippen LogP contribution in [0.1, 0.15) is 60.3 Å². The van der Waals surface area contributed by atoms with Crippen molar-refractivity contribution < 1.29 is 24.3 Å². The Morgan fingerprint density at radius 1 is 0.833 bits per heavy atom. The fourth-order valence-corrected chi connectivity index (χ4v) is 2.70. The number of amides is 3. The standard InChI is InChI=1S/C20H39N5O5/c1-11(2)10-15(25-19(28)16(22)12(3)4)18(27)23-13(5)17(26)24-14(20(29)30)8-6-7-9-21/h11-16H,6-10,21-22H2,1-5H3,(H,23,27)(H,24,26)(H,25,28)(H,29,30). The third-order valence-corrected chi connectivity index (χ3v) is 4.67. The van der Waals surface area contributed by atoms with Gasteiger partial charge in [0.05, 0.1) is 6.04 Å². The van der Waals surface area contributed by atoms with Crippen LogP contribution in [0.4, 0.5) is 0 Å². The quantitative estimate of drug-likeness (QED) is 0.205. The summed E-state index contributed by atoms with van der Waals surface area (Å²) < 4.78 is 0. The summed E-state index contributed by atoms with van der Waals surface area (Å²) in [5, 5.41) is 16.9. The predicted molar refractivity (Wildman–Crippen MR) is 114 cm³/mol. The highest BCUT2D eigenvalue weighted by atomic mass is 16.4. The number of carboxylic acids is 1. The molecule has 10 nitrogen and oxygen atoms in total. The smallest absolute Gasteiger partial charge is 0.326 e. The van der Waals surface area contributed by atoms with Gasteiger partial charge in [-0.05, 0) is 51.0 Å². The monoisotopic (exact) mass is 429 g/mol. The molecule has 0 fully saturated rings. The van der Waals surface area contributed by atoms with Crippen LogP contribution in [0.3, 0.4) is 0 Å². The van der Waals surface area contributed by atoms with Gasteiger partial charge >= 0.3 is 5.97 Å². The first-order chi connectivity index (χ1) is 13.9. The van der Waals surface area contributed by atoms with E-state index >= 15 is 0 Å². The van der Waals surface area contributed by atoms with Crippen molar-refractivity contribution in [3.05, 3.63) is 0 Å². The maximum atomic E-state index is 12.7. The number of unbranched alkanes of at least 4 members (excludes halogenated alkanes) is 1. The molecule has 3 amide bonds. The summed E-state index contributed by atoms with van der Waals surface area (Å²) in [6.45, 7) is 9.32. The Hall–Kier alpha value is -2.20. The number of carbonyl (C=O) groups is 4. The van der Waals surface area contributed by atoms with Crippen molar-refractivity contribution in [1.29, 1.82) is 0 Å². The SMILES string of the molecule is CC(C)CC(NC(=O)C(N)C(C)C)C(=O)NC(C)C(=O)NC(CCCCN)C(=O)O. The van der Waals surface area contributed by atoms with Crippen LogP contribution in [0.2, 0.25) is 0 Å². The second-order valence-electron chi connectivity index (χ2n) is 8.37. The number of carboxylic acid groups (broad SMARTS) is 1. The van der Waals surface area contributed by atoms with Gasteiger partial charge in [-0.2, -0.15) is 0 Å². The van der Waals surface area contributed by atoms with Gasteiger partial charge in [0.2, 0.25) is 17.7 Å². The molecule has 0 aliphatic carbocycles.